The van der Waals surface area contributed by atoms with E-state index in [1.165, 1.54) is 4.31 Å². The molecule has 0 aromatic heterocycles. The van der Waals surface area contributed by atoms with Crippen LogP contribution in [0.1, 0.15) is 31.2 Å². The number of piperidine rings is 1. The summed E-state index contributed by atoms with van der Waals surface area (Å²) in [4.78, 5) is 0. The van der Waals surface area contributed by atoms with Gasteiger partial charge in [-0.1, -0.05) is 30.3 Å². The minimum atomic E-state index is -3.35. The first-order chi connectivity index (χ1) is 13.4. The lowest BCUT2D eigenvalue weighted by Crippen LogP contribution is -2.53. The molecule has 0 amide bonds. The van der Waals surface area contributed by atoms with Gasteiger partial charge in [-0.3, -0.25) is 0 Å². The molecule has 3 rings (SSSR count). The highest BCUT2D eigenvalue weighted by Gasteiger charge is 2.43. The third kappa shape index (κ3) is 5.52. The van der Waals surface area contributed by atoms with Crippen molar-refractivity contribution in [3.05, 3.63) is 35.9 Å². The van der Waals surface area contributed by atoms with Gasteiger partial charge in [0.1, 0.15) is 0 Å². The van der Waals surface area contributed by atoms with Crippen LogP contribution in [0.3, 0.4) is 0 Å². The average molecular weight is 413 g/mol. The van der Waals surface area contributed by atoms with Crippen molar-refractivity contribution in [2.45, 2.75) is 44.0 Å². The van der Waals surface area contributed by atoms with Crippen molar-refractivity contribution in [1.29, 1.82) is 0 Å². The second-order valence-corrected chi connectivity index (χ2v) is 9.89. The lowest BCUT2D eigenvalue weighted by atomic mass is 9.84. The fourth-order valence-corrected chi connectivity index (χ4v) is 4.97. The van der Waals surface area contributed by atoms with Crippen molar-refractivity contribution in [3.63, 3.8) is 0 Å². The summed E-state index contributed by atoms with van der Waals surface area (Å²) in [5, 5.41) is 0. The van der Waals surface area contributed by atoms with E-state index in [1.807, 2.05) is 30.3 Å². The summed E-state index contributed by atoms with van der Waals surface area (Å²) in [6.07, 6.45) is 3.27. The fraction of sp³-hybridized carbons (Fsp3) is 0.700. The predicted molar refractivity (Wildman–Crippen MR) is 107 cm³/mol. The maximum absolute atomic E-state index is 12.3. The molecule has 7 nitrogen and oxygen atoms in total. The summed E-state index contributed by atoms with van der Waals surface area (Å²) in [6.45, 7) is 3.37. The van der Waals surface area contributed by atoms with E-state index in [0.717, 1.165) is 18.4 Å². The molecule has 0 N–H and O–H groups in total. The molecular weight excluding hydrogens is 380 g/mol. The van der Waals surface area contributed by atoms with E-state index in [-0.39, 0.29) is 11.7 Å². The van der Waals surface area contributed by atoms with Gasteiger partial charge in [-0.15, -0.1) is 0 Å². The van der Waals surface area contributed by atoms with Crippen molar-refractivity contribution in [2.24, 2.45) is 0 Å². The van der Waals surface area contributed by atoms with Gasteiger partial charge in [-0.2, -0.15) is 17.0 Å². The molecule has 0 aliphatic carbocycles. The van der Waals surface area contributed by atoms with E-state index >= 15 is 0 Å². The molecule has 2 saturated heterocycles. The number of hydrogen-bond donors (Lipinski definition) is 0. The summed E-state index contributed by atoms with van der Waals surface area (Å²) in [7, 11) is -0.209. The standard InChI is InChI=1S/C20H32N2O5S/c1-21(2)28(23,24)22-11-9-20(10-12-22)16-19(8-13-27-20)26-15-14-25-17-18-6-4-3-5-7-18/h3-7,19H,8-17H2,1-2H3. The van der Waals surface area contributed by atoms with Crippen molar-refractivity contribution in [3.8, 4) is 0 Å². The second-order valence-electron chi connectivity index (χ2n) is 7.74. The molecule has 1 atom stereocenters. The lowest BCUT2D eigenvalue weighted by molar-refractivity contribution is -0.153. The first kappa shape index (κ1) is 21.7. The zero-order valence-corrected chi connectivity index (χ0v) is 17.7. The van der Waals surface area contributed by atoms with Gasteiger partial charge in [0.25, 0.3) is 10.2 Å². The SMILES string of the molecule is CN(C)S(=O)(=O)N1CCC2(CC1)CC(OCCOCc1ccccc1)CCO2. The number of hydrogen-bond acceptors (Lipinski definition) is 5. The van der Waals surface area contributed by atoms with Gasteiger partial charge >= 0.3 is 0 Å². The van der Waals surface area contributed by atoms with Gasteiger partial charge in [0.05, 0.1) is 31.5 Å². The van der Waals surface area contributed by atoms with Gasteiger partial charge in [0.15, 0.2) is 0 Å². The third-order valence-electron chi connectivity index (χ3n) is 5.56. The van der Waals surface area contributed by atoms with Crippen LogP contribution in [-0.4, -0.2) is 75.7 Å². The molecule has 0 radical (unpaired) electrons. The average Bonchev–Trinajstić information content (AvgIpc) is 2.69. The Labute approximate surface area is 168 Å². The molecule has 1 aromatic rings. The van der Waals surface area contributed by atoms with Crippen molar-refractivity contribution >= 4 is 10.2 Å². The van der Waals surface area contributed by atoms with Crippen molar-refractivity contribution < 1.29 is 22.6 Å². The van der Waals surface area contributed by atoms with Gasteiger partial charge in [0, 0.05) is 40.2 Å². The third-order valence-corrected chi connectivity index (χ3v) is 7.50. The van der Waals surface area contributed by atoms with Crippen LogP contribution in [-0.2, 0) is 31.0 Å². The Hall–Kier alpha value is -1.03. The monoisotopic (exact) mass is 412 g/mol. The Balaban J connectivity index is 1.39. The Kier molecular flexibility index (Phi) is 7.47. The maximum atomic E-state index is 12.3. The summed E-state index contributed by atoms with van der Waals surface area (Å²) < 4.78 is 45.2. The predicted octanol–water partition coefficient (Wildman–Crippen LogP) is 2.04. The molecule has 158 valence electrons. The number of rotatable bonds is 8. The molecule has 1 aromatic carbocycles. The molecule has 1 unspecified atom stereocenters. The Morgan fingerprint density at radius 2 is 1.89 bits per heavy atom. The van der Waals surface area contributed by atoms with Crippen LogP contribution in [0.4, 0.5) is 0 Å². The topological polar surface area (TPSA) is 68.3 Å². The van der Waals surface area contributed by atoms with Gasteiger partial charge < -0.3 is 14.2 Å². The molecule has 2 fully saturated rings. The van der Waals surface area contributed by atoms with Crippen LogP contribution >= 0.6 is 0 Å². The van der Waals surface area contributed by atoms with E-state index in [4.69, 9.17) is 14.2 Å². The summed E-state index contributed by atoms with van der Waals surface area (Å²) >= 11 is 0. The van der Waals surface area contributed by atoms with Crippen LogP contribution in [0.25, 0.3) is 0 Å². The van der Waals surface area contributed by atoms with E-state index in [0.29, 0.717) is 52.4 Å². The summed E-state index contributed by atoms with van der Waals surface area (Å²) in [5.74, 6) is 0. The largest absolute Gasteiger partial charge is 0.376 e. The van der Waals surface area contributed by atoms with Crippen molar-refractivity contribution in [2.75, 3.05) is 47.0 Å². The molecule has 28 heavy (non-hydrogen) atoms. The zero-order chi connectivity index (χ0) is 20.0. The number of benzene rings is 1. The molecule has 1 spiro atoms. The second kappa shape index (κ2) is 9.65. The fourth-order valence-electron chi connectivity index (χ4n) is 3.87. The lowest BCUT2D eigenvalue weighted by Gasteiger charge is -2.45. The minimum absolute atomic E-state index is 0.145. The minimum Gasteiger partial charge on any atom is -0.376 e. The number of ether oxygens (including phenoxy) is 3. The van der Waals surface area contributed by atoms with Crippen LogP contribution in [0.2, 0.25) is 0 Å². The molecular formula is C20H32N2O5S. The summed E-state index contributed by atoms with van der Waals surface area (Å²) in [6, 6.07) is 10.1. The molecule has 0 bridgehead atoms. The smallest absolute Gasteiger partial charge is 0.281 e. The van der Waals surface area contributed by atoms with Gasteiger partial charge in [-0.25, -0.2) is 0 Å². The van der Waals surface area contributed by atoms with E-state index in [9.17, 15) is 8.42 Å². The van der Waals surface area contributed by atoms with Crippen LogP contribution < -0.4 is 0 Å². The maximum Gasteiger partial charge on any atom is 0.281 e. The first-order valence-corrected chi connectivity index (χ1v) is 11.4. The van der Waals surface area contributed by atoms with Crippen molar-refractivity contribution in [1.82, 2.24) is 8.61 Å². The quantitative estimate of drug-likeness (QED) is 0.611. The van der Waals surface area contributed by atoms with E-state index < -0.39 is 10.2 Å². The highest BCUT2D eigenvalue weighted by Crippen LogP contribution is 2.36. The van der Waals surface area contributed by atoms with Gasteiger partial charge in [-0.05, 0) is 24.8 Å². The Morgan fingerprint density at radius 1 is 1.18 bits per heavy atom. The molecule has 0 saturated carbocycles. The summed E-state index contributed by atoms with van der Waals surface area (Å²) in [5.41, 5.74) is 0.901. The number of nitrogens with zero attached hydrogens (tertiary/aromatic N) is 2. The van der Waals surface area contributed by atoms with Gasteiger partial charge in [0.2, 0.25) is 0 Å². The molecule has 2 aliphatic heterocycles. The zero-order valence-electron chi connectivity index (χ0n) is 16.9. The molecule has 8 heteroatoms. The Bertz CT molecular complexity index is 703. The Morgan fingerprint density at radius 3 is 2.57 bits per heavy atom. The highest BCUT2D eigenvalue weighted by atomic mass is 32.2. The molecule has 2 heterocycles. The first-order valence-electron chi connectivity index (χ1n) is 9.96. The normalized spacial score (nSPS) is 23.3. The highest BCUT2D eigenvalue weighted by molar-refractivity contribution is 7.86. The van der Waals surface area contributed by atoms with Crippen LogP contribution in [0.5, 0.6) is 0 Å². The van der Waals surface area contributed by atoms with Crippen LogP contribution in [0.15, 0.2) is 30.3 Å². The van der Waals surface area contributed by atoms with E-state index in [2.05, 4.69) is 0 Å². The van der Waals surface area contributed by atoms with E-state index in [1.54, 1.807) is 18.4 Å². The molecule has 2 aliphatic rings. The van der Waals surface area contributed by atoms with Crippen LogP contribution in [0, 0.1) is 0 Å².